The van der Waals surface area contributed by atoms with E-state index >= 15 is 0 Å². The lowest BCUT2D eigenvalue weighted by Crippen LogP contribution is -2.04. The maximum absolute atomic E-state index is 3.08. The Kier molecular flexibility index (Phi) is 15.8. The van der Waals surface area contributed by atoms with Gasteiger partial charge in [0.1, 0.15) is 0 Å². The molecule has 0 saturated heterocycles. The Morgan fingerprint density at radius 2 is 1.58 bits per heavy atom. The average molecular weight is 211 g/mol. The van der Waals surface area contributed by atoms with Crippen LogP contribution in [0.2, 0.25) is 0 Å². The van der Waals surface area contributed by atoms with Crippen LogP contribution in [0, 0.1) is 0 Å². The van der Waals surface area contributed by atoms with Gasteiger partial charge in [0.2, 0.25) is 0 Å². The highest BCUT2D eigenvalue weighted by Crippen LogP contribution is 1.95. The topological polar surface area (TPSA) is 47.0 Å². The molecular formula is C8H16Cl2N2. The fourth-order valence-electron chi connectivity index (χ4n) is 0.800. The van der Waals surface area contributed by atoms with Gasteiger partial charge in [-0.25, -0.2) is 0 Å². The average Bonchev–Trinajstić information content (AvgIpc) is 1.91. The van der Waals surface area contributed by atoms with Crippen LogP contribution in [-0.2, 0) is 6.54 Å². The van der Waals surface area contributed by atoms with Crippen molar-refractivity contribution in [1.82, 2.24) is 11.5 Å². The first-order valence-corrected chi connectivity index (χ1v) is 3.12. The molecule has 0 aliphatic carbocycles. The van der Waals surface area contributed by atoms with Crippen LogP contribution in [-0.4, -0.2) is 7.05 Å². The summed E-state index contributed by atoms with van der Waals surface area (Å²) in [6.07, 6.45) is 0. The number of benzene rings is 1. The minimum atomic E-state index is 0. The smallest absolute Gasteiger partial charge is 0.0202 e. The van der Waals surface area contributed by atoms with E-state index in [0.29, 0.717) is 0 Å². The van der Waals surface area contributed by atoms with Gasteiger partial charge in [0, 0.05) is 6.54 Å². The molecule has 1 aromatic rings. The molecule has 2 nitrogen and oxygen atoms in total. The lowest BCUT2D eigenvalue weighted by atomic mass is 10.2. The fraction of sp³-hybridized carbons (Fsp3) is 0.250. The zero-order valence-electron chi connectivity index (χ0n) is 7.12. The Labute approximate surface area is 86.2 Å². The van der Waals surface area contributed by atoms with Crippen LogP contribution in [0.1, 0.15) is 5.56 Å². The quantitative estimate of drug-likeness (QED) is 0.789. The second-order valence-corrected chi connectivity index (χ2v) is 2.02. The molecule has 0 aliphatic heterocycles. The Morgan fingerprint density at radius 3 is 2.00 bits per heavy atom. The molecule has 4 heteroatoms. The molecule has 0 aromatic heterocycles. The van der Waals surface area contributed by atoms with E-state index in [-0.39, 0.29) is 31.0 Å². The van der Waals surface area contributed by atoms with E-state index < -0.39 is 0 Å². The summed E-state index contributed by atoms with van der Waals surface area (Å²) >= 11 is 0. The summed E-state index contributed by atoms with van der Waals surface area (Å²) in [7, 11) is 1.95. The van der Waals surface area contributed by atoms with Crippen molar-refractivity contribution in [1.29, 1.82) is 0 Å². The monoisotopic (exact) mass is 210 g/mol. The fourth-order valence-corrected chi connectivity index (χ4v) is 0.800. The molecule has 0 unspecified atom stereocenters. The van der Waals surface area contributed by atoms with E-state index in [1.54, 1.807) is 0 Å². The number of hydrogen-bond acceptors (Lipinski definition) is 2. The minimum absolute atomic E-state index is 0. The van der Waals surface area contributed by atoms with Gasteiger partial charge in [-0.05, 0) is 12.6 Å². The Bertz CT molecular complexity index is 168. The summed E-state index contributed by atoms with van der Waals surface area (Å²) in [5, 5.41) is 3.08. The van der Waals surface area contributed by atoms with Crippen molar-refractivity contribution in [3.8, 4) is 0 Å². The maximum atomic E-state index is 3.08. The van der Waals surface area contributed by atoms with Gasteiger partial charge >= 0.3 is 0 Å². The third-order valence-electron chi connectivity index (χ3n) is 1.22. The second-order valence-electron chi connectivity index (χ2n) is 2.02. The Hall–Kier alpha value is -0.280. The number of hydrogen-bond donors (Lipinski definition) is 2. The highest BCUT2D eigenvalue weighted by molar-refractivity contribution is 5.85. The molecule has 72 valence electrons. The molecule has 0 aliphatic rings. The predicted molar refractivity (Wildman–Crippen MR) is 58.7 cm³/mol. The molecule has 0 saturated carbocycles. The first-order chi connectivity index (χ1) is 4.43. The van der Waals surface area contributed by atoms with Crippen molar-refractivity contribution in [2.24, 2.45) is 0 Å². The predicted octanol–water partition coefficient (Wildman–Crippen LogP) is 2.41. The number of halogens is 2. The second kappa shape index (κ2) is 10.7. The first-order valence-electron chi connectivity index (χ1n) is 3.12. The standard InChI is InChI=1S/C8H11N.2ClH.H3N/c1-9-7-8-5-3-2-4-6-8;;;/h2-6,9H,7H2,1H3;2*1H;1H3. The minimum Gasteiger partial charge on any atom is -0.344 e. The molecule has 0 radical (unpaired) electrons. The molecule has 0 bridgehead atoms. The summed E-state index contributed by atoms with van der Waals surface area (Å²) in [6.45, 7) is 0.959. The zero-order valence-corrected chi connectivity index (χ0v) is 8.75. The van der Waals surface area contributed by atoms with E-state index in [4.69, 9.17) is 0 Å². The molecule has 1 rings (SSSR count). The van der Waals surface area contributed by atoms with Gasteiger partial charge in [0.05, 0.1) is 0 Å². The van der Waals surface area contributed by atoms with Crippen LogP contribution in [0.15, 0.2) is 30.3 Å². The van der Waals surface area contributed by atoms with Gasteiger partial charge < -0.3 is 11.5 Å². The van der Waals surface area contributed by atoms with Crippen LogP contribution in [0.5, 0.6) is 0 Å². The van der Waals surface area contributed by atoms with Crippen molar-refractivity contribution in [2.75, 3.05) is 7.05 Å². The summed E-state index contributed by atoms with van der Waals surface area (Å²) < 4.78 is 0. The van der Waals surface area contributed by atoms with Gasteiger partial charge in [-0.3, -0.25) is 0 Å². The van der Waals surface area contributed by atoms with E-state index in [1.807, 2.05) is 25.2 Å². The van der Waals surface area contributed by atoms with Crippen molar-refractivity contribution in [3.63, 3.8) is 0 Å². The van der Waals surface area contributed by atoms with Crippen LogP contribution < -0.4 is 11.5 Å². The SMILES string of the molecule is CNCc1ccccc1.Cl.Cl.N. The summed E-state index contributed by atoms with van der Waals surface area (Å²) in [6, 6.07) is 10.3. The summed E-state index contributed by atoms with van der Waals surface area (Å²) in [5.74, 6) is 0. The van der Waals surface area contributed by atoms with E-state index in [0.717, 1.165) is 6.54 Å². The normalized spacial score (nSPS) is 7.08. The van der Waals surface area contributed by atoms with Crippen LogP contribution >= 0.6 is 24.8 Å². The van der Waals surface area contributed by atoms with Gasteiger partial charge in [0.15, 0.2) is 0 Å². The largest absolute Gasteiger partial charge is 0.344 e. The third kappa shape index (κ3) is 6.43. The van der Waals surface area contributed by atoms with E-state index in [9.17, 15) is 0 Å². The molecule has 0 fully saturated rings. The molecule has 1 aromatic carbocycles. The van der Waals surface area contributed by atoms with E-state index in [1.165, 1.54) is 5.56 Å². The molecule has 0 amide bonds. The van der Waals surface area contributed by atoms with Gasteiger partial charge in [-0.15, -0.1) is 24.8 Å². The van der Waals surface area contributed by atoms with Gasteiger partial charge in [-0.1, -0.05) is 30.3 Å². The Morgan fingerprint density at radius 1 is 1.08 bits per heavy atom. The lowest BCUT2D eigenvalue weighted by Gasteiger charge is -1.95. The van der Waals surface area contributed by atoms with Crippen LogP contribution in [0.4, 0.5) is 0 Å². The summed E-state index contributed by atoms with van der Waals surface area (Å²) in [5.41, 5.74) is 1.33. The zero-order chi connectivity index (χ0) is 6.53. The van der Waals surface area contributed by atoms with Crippen molar-refractivity contribution >= 4 is 24.8 Å². The van der Waals surface area contributed by atoms with E-state index in [2.05, 4.69) is 17.4 Å². The first kappa shape index (κ1) is 17.7. The van der Waals surface area contributed by atoms with Crippen LogP contribution in [0.3, 0.4) is 0 Å². The Balaban J connectivity index is -0.000000270. The maximum Gasteiger partial charge on any atom is 0.0202 e. The molecule has 0 spiro atoms. The molecule has 4 N–H and O–H groups in total. The lowest BCUT2D eigenvalue weighted by molar-refractivity contribution is 0.818. The molecular weight excluding hydrogens is 195 g/mol. The highest BCUT2D eigenvalue weighted by Gasteiger charge is 1.83. The molecule has 0 heterocycles. The number of rotatable bonds is 2. The van der Waals surface area contributed by atoms with Crippen molar-refractivity contribution < 1.29 is 0 Å². The van der Waals surface area contributed by atoms with Gasteiger partial charge in [0.25, 0.3) is 0 Å². The third-order valence-corrected chi connectivity index (χ3v) is 1.22. The summed E-state index contributed by atoms with van der Waals surface area (Å²) in [4.78, 5) is 0. The van der Waals surface area contributed by atoms with Crippen LogP contribution in [0.25, 0.3) is 0 Å². The van der Waals surface area contributed by atoms with Crippen molar-refractivity contribution in [3.05, 3.63) is 35.9 Å². The van der Waals surface area contributed by atoms with Crippen molar-refractivity contribution in [2.45, 2.75) is 6.54 Å². The molecule has 12 heavy (non-hydrogen) atoms. The van der Waals surface area contributed by atoms with Gasteiger partial charge in [-0.2, -0.15) is 0 Å². The molecule has 0 atom stereocenters. The highest BCUT2D eigenvalue weighted by atomic mass is 35.5. The number of nitrogens with one attached hydrogen (secondary N) is 1.